The van der Waals surface area contributed by atoms with Crippen molar-refractivity contribution in [2.24, 2.45) is 0 Å². The first-order chi connectivity index (χ1) is 10.9. The zero-order chi connectivity index (χ0) is 16.9. The van der Waals surface area contributed by atoms with E-state index in [1.54, 1.807) is 31.2 Å². The Morgan fingerprint density at radius 2 is 1.78 bits per heavy atom. The van der Waals surface area contributed by atoms with Crippen LogP contribution < -0.4 is 4.72 Å². The van der Waals surface area contributed by atoms with Crippen molar-refractivity contribution in [2.75, 3.05) is 13.2 Å². The van der Waals surface area contributed by atoms with E-state index < -0.39 is 10.0 Å². The van der Waals surface area contributed by atoms with E-state index in [0.29, 0.717) is 23.1 Å². The lowest BCUT2D eigenvalue weighted by atomic mass is 10.2. The van der Waals surface area contributed by atoms with Crippen LogP contribution in [0.5, 0.6) is 0 Å². The predicted octanol–water partition coefficient (Wildman–Crippen LogP) is 3.45. The molecule has 0 amide bonds. The van der Waals surface area contributed by atoms with Crippen molar-refractivity contribution in [2.45, 2.75) is 25.3 Å². The van der Waals surface area contributed by atoms with Gasteiger partial charge < -0.3 is 4.74 Å². The monoisotopic (exact) mass is 353 g/mol. The van der Waals surface area contributed by atoms with Crippen molar-refractivity contribution in [3.05, 3.63) is 64.2 Å². The van der Waals surface area contributed by atoms with Gasteiger partial charge in [-0.25, -0.2) is 13.1 Å². The van der Waals surface area contributed by atoms with E-state index in [2.05, 4.69) is 4.72 Å². The van der Waals surface area contributed by atoms with Crippen LogP contribution in [0.4, 0.5) is 0 Å². The Morgan fingerprint density at radius 3 is 2.48 bits per heavy atom. The molecule has 1 N–H and O–H groups in total. The number of hydrogen-bond donors (Lipinski definition) is 1. The van der Waals surface area contributed by atoms with E-state index >= 15 is 0 Å². The van der Waals surface area contributed by atoms with Gasteiger partial charge in [-0.05, 0) is 48.7 Å². The maximum Gasteiger partial charge on any atom is 0.240 e. The molecule has 0 heterocycles. The molecule has 0 spiro atoms. The van der Waals surface area contributed by atoms with Gasteiger partial charge in [-0.3, -0.25) is 0 Å². The highest BCUT2D eigenvalue weighted by Crippen LogP contribution is 2.16. The summed E-state index contributed by atoms with van der Waals surface area (Å²) in [6.07, 6.45) is 0. The van der Waals surface area contributed by atoms with E-state index in [-0.39, 0.29) is 6.54 Å². The Kier molecular flexibility index (Phi) is 6.18. The Hall–Kier alpha value is -1.40. The number of rotatable bonds is 7. The first-order valence-electron chi connectivity index (χ1n) is 7.27. The summed E-state index contributed by atoms with van der Waals surface area (Å²) in [5.41, 5.74) is 2.63. The number of halogens is 1. The highest BCUT2D eigenvalue weighted by atomic mass is 35.5. The minimum Gasteiger partial charge on any atom is -0.375 e. The SMILES string of the molecule is Cc1ccc(C)c(S(=O)(=O)NCCOCc2ccc(Cl)cc2)c1. The van der Waals surface area contributed by atoms with Crippen molar-refractivity contribution in [3.8, 4) is 0 Å². The first-order valence-corrected chi connectivity index (χ1v) is 9.14. The average molecular weight is 354 g/mol. The fourth-order valence-corrected chi connectivity index (χ4v) is 3.56. The second kappa shape index (κ2) is 7.93. The molecule has 2 aromatic rings. The lowest BCUT2D eigenvalue weighted by molar-refractivity contribution is 0.126. The van der Waals surface area contributed by atoms with Gasteiger partial charge in [-0.2, -0.15) is 0 Å². The lowest BCUT2D eigenvalue weighted by Crippen LogP contribution is -2.28. The van der Waals surface area contributed by atoms with Crippen molar-refractivity contribution in [3.63, 3.8) is 0 Å². The molecule has 0 unspecified atom stereocenters. The Labute approximate surface area is 142 Å². The average Bonchev–Trinajstić information content (AvgIpc) is 2.51. The summed E-state index contributed by atoms with van der Waals surface area (Å²) in [5, 5.41) is 0.676. The van der Waals surface area contributed by atoms with Crippen LogP contribution in [-0.2, 0) is 21.4 Å². The summed E-state index contributed by atoms with van der Waals surface area (Å²) < 4.78 is 32.6. The van der Waals surface area contributed by atoms with Crippen LogP contribution in [0.2, 0.25) is 5.02 Å². The fourth-order valence-electron chi connectivity index (χ4n) is 2.09. The maximum absolute atomic E-state index is 12.3. The summed E-state index contributed by atoms with van der Waals surface area (Å²) in [5.74, 6) is 0. The molecule has 0 saturated heterocycles. The van der Waals surface area contributed by atoms with Crippen LogP contribution >= 0.6 is 11.6 Å². The number of aryl methyl sites for hydroxylation is 2. The summed E-state index contributed by atoms with van der Waals surface area (Å²) in [4.78, 5) is 0.315. The van der Waals surface area contributed by atoms with Gasteiger partial charge in [-0.15, -0.1) is 0 Å². The molecule has 0 aromatic heterocycles. The Balaban J connectivity index is 1.83. The molecule has 0 aliphatic heterocycles. The molecule has 0 atom stereocenters. The number of sulfonamides is 1. The van der Waals surface area contributed by atoms with E-state index in [9.17, 15) is 8.42 Å². The van der Waals surface area contributed by atoms with Gasteiger partial charge >= 0.3 is 0 Å². The largest absolute Gasteiger partial charge is 0.375 e. The molecule has 0 fully saturated rings. The van der Waals surface area contributed by atoms with Crippen LogP contribution in [0.25, 0.3) is 0 Å². The smallest absolute Gasteiger partial charge is 0.240 e. The number of benzene rings is 2. The molecule has 4 nitrogen and oxygen atoms in total. The molecule has 2 aromatic carbocycles. The normalized spacial score (nSPS) is 11.6. The molecule has 2 rings (SSSR count). The molecule has 124 valence electrons. The van der Waals surface area contributed by atoms with Gasteiger partial charge in [-0.1, -0.05) is 35.9 Å². The third kappa shape index (κ3) is 5.32. The number of ether oxygens (including phenoxy) is 1. The van der Waals surface area contributed by atoms with Crippen LogP contribution in [-0.4, -0.2) is 21.6 Å². The number of nitrogens with one attached hydrogen (secondary N) is 1. The van der Waals surface area contributed by atoms with E-state index in [4.69, 9.17) is 16.3 Å². The molecule has 0 radical (unpaired) electrons. The Morgan fingerprint density at radius 1 is 1.09 bits per heavy atom. The second-order valence-electron chi connectivity index (χ2n) is 5.35. The molecular weight excluding hydrogens is 334 g/mol. The standard InChI is InChI=1S/C17H20ClNO3S/c1-13-3-4-14(2)17(11-13)23(20,21)19-9-10-22-12-15-5-7-16(18)8-6-15/h3-8,11,19H,9-10,12H2,1-2H3. The van der Waals surface area contributed by atoms with Gasteiger partial charge in [0.05, 0.1) is 18.1 Å². The Bertz CT molecular complexity index is 758. The van der Waals surface area contributed by atoms with Crippen molar-refractivity contribution < 1.29 is 13.2 Å². The van der Waals surface area contributed by atoms with Crippen LogP contribution in [0.3, 0.4) is 0 Å². The van der Waals surface area contributed by atoms with Gasteiger partial charge in [0.2, 0.25) is 10.0 Å². The van der Waals surface area contributed by atoms with Crippen LogP contribution in [0, 0.1) is 13.8 Å². The molecule has 0 saturated carbocycles. The van der Waals surface area contributed by atoms with Gasteiger partial charge in [0.1, 0.15) is 0 Å². The fraction of sp³-hybridized carbons (Fsp3) is 0.294. The molecule has 6 heteroatoms. The molecule has 23 heavy (non-hydrogen) atoms. The van der Waals surface area contributed by atoms with E-state index in [1.807, 2.05) is 25.1 Å². The minimum atomic E-state index is -3.51. The molecule has 0 aliphatic rings. The van der Waals surface area contributed by atoms with Crippen LogP contribution in [0.1, 0.15) is 16.7 Å². The van der Waals surface area contributed by atoms with Gasteiger partial charge in [0.25, 0.3) is 0 Å². The maximum atomic E-state index is 12.3. The highest BCUT2D eigenvalue weighted by molar-refractivity contribution is 7.89. The molecular formula is C17H20ClNO3S. The van der Waals surface area contributed by atoms with Crippen molar-refractivity contribution in [1.82, 2.24) is 4.72 Å². The quantitative estimate of drug-likeness (QED) is 0.775. The van der Waals surface area contributed by atoms with Crippen molar-refractivity contribution >= 4 is 21.6 Å². The summed E-state index contributed by atoms with van der Waals surface area (Å²) in [6, 6.07) is 12.7. The predicted molar refractivity (Wildman–Crippen MR) is 92.2 cm³/mol. The summed E-state index contributed by atoms with van der Waals surface area (Å²) >= 11 is 5.81. The highest BCUT2D eigenvalue weighted by Gasteiger charge is 2.16. The third-order valence-electron chi connectivity index (χ3n) is 3.35. The molecule has 0 bridgehead atoms. The zero-order valence-corrected chi connectivity index (χ0v) is 14.7. The number of hydrogen-bond acceptors (Lipinski definition) is 3. The summed E-state index contributed by atoms with van der Waals surface area (Å²) in [7, 11) is -3.51. The van der Waals surface area contributed by atoms with Gasteiger partial charge in [0, 0.05) is 11.6 Å². The third-order valence-corrected chi connectivity index (χ3v) is 5.21. The second-order valence-corrected chi connectivity index (χ2v) is 7.52. The zero-order valence-electron chi connectivity index (χ0n) is 13.2. The van der Waals surface area contributed by atoms with Crippen LogP contribution in [0.15, 0.2) is 47.4 Å². The van der Waals surface area contributed by atoms with E-state index in [0.717, 1.165) is 16.7 Å². The molecule has 0 aliphatic carbocycles. The minimum absolute atomic E-state index is 0.226. The lowest BCUT2D eigenvalue weighted by Gasteiger charge is -2.10. The summed E-state index contributed by atoms with van der Waals surface area (Å²) in [6.45, 7) is 4.59. The van der Waals surface area contributed by atoms with Gasteiger partial charge in [0.15, 0.2) is 0 Å². The van der Waals surface area contributed by atoms with Crippen molar-refractivity contribution in [1.29, 1.82) is 0 Å². The first kappa shape index (κ1) is 17.9. The van der Waals surface area contributed by atoms with E-state index in [1.165, 1.54) is 0 Å². The topological polar surface area (TPSA) is 55.4 Å².